The van der Waals surface area contributed by atoms with Crippen molar-refractivity contribution in [2.24, 2.45) is 0 Å². The van der Waals surface area contributed by atoms with E-state index in [1.54, 1.807) is 24.3 Å². The minimum absolute atomic E-state index is 0.0372. The van der Waals surface area contributed by atoms with Crippen LogP contribution >= 0.6 is 0 Å². The van der Waals surface area contributed by atoms with Crippen molar-refractivity contribution in [2.45, 2.75) is 26.4 Å². The summed E-state index contributed by atoms with van der Waals surface area (Å²) in [5.74, 6) is 0.521. The van der Waals surface area contributed by atoms with Gasteiger partial charge in [0, 0.05) is 17.7 Å². The highest BCUT2D eigenvalue weighted by atomic mass is 16.6. The Labute approximate surface area is 145 Å². The number of carbonyl (C=O) groups excluding carboxylic acids is 1. The zero-order valence-corrected chi connectivity index (χ0v) is 14.3. The maximum atomic E-state index is 12.5. The number of rotatable bonds is 7. The van der Waals surface area contributed by atoms with Gasteiger partial charge in [-0.05, 0) is 37.6 Å². The standard InChI is InChI=1S/C18H20N2O5/c1-4-12(2)25-15-7-5-6-13(10-15)18(21)19-16-11-14(20(22)23)8-9-17(16)24-3/h5-12H,4H2,1-3H3,(H,19,21). The van der Waals surface area contributed by atoms with E-state index in [0.717, 1.165) is 6.42 Å². The van der Waals surface area contributed by atoms with Crippen molar-refractivity contribution >= 4 is 17.3 Å². The van der Waals surface area contributed by atoms with E-state index in [1.807, 2.05) is 13.8 Å². The SMILES string of the molecule is CCC(C)Oc1cccc(C(=O)Nc2cc([N+](=O)[O-])ccc2OC)c1. The van der Waals surface area contributed by atoms with E-state index in [2.05, 4.69) is 5.32 Å². The topological polar surface area (TPSA) is 90.7 Å². The van der Waals surface area contributed by atoms with Crippen LogP contribution in [0.5, 0.6) is 11.5 Å². The van der Waals surface area contributed by atoms with Gasteiger partial charge in [0.15, 0.2) is 0 Å². The molecule has 0 aliphatic rings. The van der Waals surface area contributed by atoms with Gasteiger partial charge in [-0.1, -0.05) is 13.0 Å². The van der Waals surface area contributed by atoms with Crippen LogP contribution in [0.25, 0.3) is 0 Å². The first-order valence-electron chi connectivity index (χ1n) is 7.85. The van der Waals surface area contributed by atoms with Gasteiger partial charge in [0.2, 0.25) is 0 Å². The third-order valence-electron chi connectivity index (χ3n) is 3.65. The normalized spacial score (nSPS) is 11.5. The summed E-state index contributed by atoms with van der Waals surface area (Å²) in [6.45, 7) is 3.95. The molecule has 7 nitrogen and oxygen atoms in total. The number of non-ortho nitro benzene ring substituents is 1. The molecule has 0 saturated carbocycles. The molecule has 2 aromatic rings. The number of hydrogen-bond acceptors (Lipinski definition) is 5. The van der Waals surface area contributed by atoms with Crippen molar-refractivity contribution in [3.63, 3.8) is 0 Å². The summed E-state index contributed by atoms with van der Waals surface area (Å²) < 4.78 is 10.9. The lowest BCUT2D eigenvalue weighted by Crippen LogP contribution is -2.14. The van der Waals surface area contributed by atoms with Gasteiger partial charge in [0.05, 0.1) is 23.8 Å². The highest BCUT2D eigenvalue weighted by Crippen LogP contribution is 2.29. The summed E-state index contributed by atoms with van der Waals surface area (Å²) in [5, 5.41) is 13.6. The molecule has 0 spiro atoms. The molecule has 0 aliphatic heterocycles. The second-order valence-corrected chi connectivity index (χ2v) is 5.46. The Morgan fingerprint density at radius 1 is 1.28 bits per heavy atom. The maximum Gasteiger partial charge on any atom is 0.271 e. The Morgan fingerprint density at radius 3 is 2.68 bits per heavy atom. The molecule has 0 heterocycles. The van der Waals surface area contributed by atoms with Crippen molar-refractivity contribution < 1.29 is 19.2 Å². The van der Waals surface area contributed by atoms with E-state index in [1.165, 1.54) is 25.3 Å². The van der Waals surface area contributed by atoms with Crippen molar-refractivity contribution in [1.82, 2.24) is 0 Å². The smallest absolute Gasteiger partial charge is 0.271 e. The van der Waals surface area contributed by atoms with Gasteiger partial charge in [-0.2, -0.15) is 0 Å². The van der Waals surface area contributed by atoms with Crippen LogP contribution in [0.4, 0.5) is 11.4 Å². The molecular formula is C18H20N2O5. The minimum Gasteiger partial charge on any atom is -0.495 e. The zero-order chi connectivity index (χ0) is 18.4. The number of nitrogens with zero attached hydrogens (tertiary/aromatic N) is 1. The first-order chi connectivity index (χ1) is 11.9. The summed E-state index contributed by atoms with van der Waals surface area (Å²) in [7, 11) is 1.43. The number of nitro groups is 1. The third kappa shape index (κ3) is 4.69. The summed E-state index contributed by atoms with van der Waals surface area (Å²) in [4.78, 5) is 22.9. The lowest BCUT2D eigenvalue weighted by atomic mass is 10.2. The fraction of sp³-hybridized carbons (Fsp3) is 0.278. The number of methoxy groups -OCH3 is 1. The fourth-order valence-corrected chi connectivity index (χ4v) is 2.13. The molecule has 0 saturated heterocycles. The maximum absolute atomic E-state index is 12.5. The van der Waals surface area contributed by atoms with Gasteiger partial charge in [-0.3, -0.25) is 14.9 Å². The molecule has 2 aromatic carbocycles. The van der Waals surface area contributed by atoms with Gasteiger partial charge in [-0.15, -0.1) is 0 Å². The Kier molecular flexibility index (Phi) is 5.94. The zero-order valence-electron chi connectivity index (χ0n) is 14.3. The van der Waals surface area contributed by atoms with Gasteiger partial charge in [-0.25, -0.2) is 0 Å². The molecule has 25 heavy (non-hydrogen) atoms. The molecule has 0 bridgehead atoms. The molecule has 0 aromatic heterocycles. The summed E-state index contributed by atoms with van der Waals surface area (Å²) in [5.41, 5.74) is 0.481. The molecule has 132 valence electrons. The van der Waals surface area contributed by atoms with Crippen molar-refractivity contribution in [2.75, 3.05) is 12.4 Å². The van der Waals surface area contributed by atoms with Gasteiger partial charge >= 0.3 is 0 Å². The number of amides is 1. The minimum atomic E-state index is -0.532. The van der Waals surface area contributed by atoms with Crippen molar-refractivity contribution in [3.05, 3.63) is 58.1 Å². The van der Waals surface area contributed by atoms with Crippen LogP contribution in [0.3, 0.4) is 0 Å². The van der Waals surface area contributed by atoms with E-state index in [4.69, 9.17) is 9.47 Å². The van der Waals surface area contributed by atoms with E-state index in [-0.39, 0.29) is 17.5 Å². The van der Waals surface area contributed by atoms with Crippen molar-refractivity contribution in [3.8, 4) is 11.5 Å². The van der Waals surface area contributed by atoms with E-state index in [0.29, 0.717) is 17.1 Å². The lowest BCUT2D eigenvalue weighted by Gasteiger charge is -2.14. The number of ether oxygens (including phenoxy) is 2. The molecule has 0 radical (unpaired) electrons. The second kappa shape index (κ2) is 8.14. The van der Waals surface area contributed by atoms with Crippen LogP contribution in [0.1, 0.15) is 30.6 Å². The van der Waals surface area contributed by atoms with E-state index >= 15 is 0 Å². The fourth-order valence-electron chi connectivity index (χ4n) is 2.13. The van der Waals surface area contributed by atoms with Gasteiger partial charge in [0.1, 0.15) is 11.5 Å². The molecule has 2 rings (SSSR count). The molecule has 1 N–H and O–H groups in total. The van der Waals surface area contributed by atoms with Gasteiger partial charge < -0.3 is 14.8 Å². The van der Waals surface area contributed by atoms with Crippen LogP contribution in [-0.4, -0.2) is 24.0 Å². The summed E-state index contributed by atoms with van der Waals surface area (Å²) in [6.07, 6.45) is 0.886. The molecule has 1 amide bonds. The Balaban J connectivity index is 2.23. The Morgan fingerprint density at radius 2 is 2.04 bits per heavy atom. The number of carbonyl (C=O) groups is 1. The van der Waals surface area contributed by atoms with Crippen LogP contribution in [-0.2, 0) is 0 Å². The largest absolute Gasteiger partial charge is 0.495 e. The summed E-state index contributed by atoms with van der Waals surface area (Å²) in [6, 6.07) is 10.8. The highest BCUT2D eigenvalue weighted by molar-refractivity contribution is 6.05. The number of benzene rings is 2. The average molecular weight is 344 g/mol. The Hall–Kier alpha value is -3.09. The predicted octanol–water partition coefficient (Wildman–Crippen LogP) is 4.03. The van der Waals surface area contributed by atoms with Crippen LogP contribution in [0.15, 0.2) is 42.5 Å². The molecule has 1 atom stereocenters. The Bertz CT molecular complexity index is 776. The molecule has 0 aliphatic carbocycles. The van der Waals surface area contributed by atoms with Crippen molar-refractivity contribution in [1.29, 1.82) is 0 Å². The monoisotopic (exact) mass is 344 g/mol. The molecular weight excluding hydrogens is 324 g/mol. The number of anilines is 1. The lowest BCUT2D eigenvalue weighted by molar-refractivity contribution is -0.384. The number of hydrogen-bond donors (Lipinski definition) is 1. The predicted molar refractivity (Wildman–Crippen MR) is 94.4 cm³/mol. The quantitative estimate of drug-likeness (QED) is 0.605. The van der Waals surface area contributed by atoms with E-state index in [9.17, 15) is 14.9 Å². The van der Waals surface area contributed by atoms with Crippen LogP contribution < -0.4 is 14.8 Å². The average Bonchev–Trinajstić information content (AvgIpc) is 2.61. The molecule has 0 fully saturated rings. The van der Waals surface area contributed by atoms with Gasteiger partial charge in [0.25, 0.3) is 11.6 Å². The number of nitro benzene ring substituents is 1. The third-order valence-corrected chi connectivity index (χ3v) is 3.65. The first-order valence-corrected chi connectivity index (χ1v) is 7.85. The second-order valence-electron chi connectivity index (χ2n) is 5.46. The summed E-state index contributed by atoms with van der Waals surface area (Å²) >= 11 is 0. The van der Waals surface area contributed by atoms with Crippen LogP contribution in [0.2, 0.25) is 0 Å². The molecule has 1 unspecified atom stereocenters. The van der Waals surface area contributed by atoms with E-state index < -0.39 is 10.8 Å². The van der Waals surface area contributed by atoms with Crippen LogP contribution in [0, 0.1) is 10.1 Å². The first kappa shape index (κ1) is 18.3. The molecule has 7 heteroatoms. The highest BCUT2D eigenvalue weighted by Gasteiger charge is 2.15. The number of nitrogens with one attached hydrogen (secondary N) is 1.